The number of nitrogens with one attached hydrogen (secondary N) is 2. The van der Waals surface area contributed by atoms with E-state index in [1.807, 2.05) is 0 Å². The highest BCUT2D eigenvalue weighted by Crippen LogP contribution is 2.43. The number of likely N-dealkylation sites (tertiary alicyclic amines) is 1. The molecule has 2 N–H and O–H groups in total. The molecule has 3 aliphatic rings. The summed E-state index contributed by atoms with van der Waals surface area (Å²) in [6.07, 6.45) is 3.48. The van der Waals surface area contributed by atoms with Gasteiger partial charge in [0.25, 0.3) is 0 Å². The fourth-order valence-electron chi connectivity index (χ4n) is 8.23. The van der Waals surface area contributed by atoms with E-state index in [0.29, 0.717) is 17.8 Å². The lowest BCUT2D eigenvalue weighted by Crippen LogP contribution is -2.47. The van der Waals surface area contributed by atoms with Gasteiger partial charge >= 0.3 is 0 Å². The summed E-state index contributed by atoms with van der Waals surface area (Å²) >= 11 is 0. The molecule has 3 saturated heterocycles. The third-order valence-electron chi connectivity index (χ3n) is 11.0. The summed E-state index contributed by atoms with van der Waals surface area (Å²) < 4.78 is 18.9. The van der Waals surface area contributed by atoms with E-state index in [4.69, 9.17) is 14.2 Å². The summed E-state index contributed by atoms with van der Waals surface area (Å²) in [5, 5.41) is 7.55. The van der Waals surface area contributed by atoms with E-state index in [1.165, 1.54) is 6.42 Å². The maximum Gasteiger partial charge on any atom is 0.0593 e. The third-order valence-corrected chi connectivity index (χ3v) is 11.0. The van der Waals surface area contributed by atoms with Gasteiger partial charge in [0.15, 0.2) is 0 Å². The van der Waals surface area contributed by atoms with Crippen LogP contribution in [0.2, 0.25) is 0 Å². The van der Waals surface area contributed by atoms with Crippen molar-refractivity contribution in [1.82, 2.24) is 20.4 Å². The molecule has 3 fully saturated rings. The van der Waals surface area contributed by atoms with Crippen LogP contribution in [-0.2, 0) is 14.2 Å². The van der Waals surface area contributed by atoms with Crippen LogP contribution in [0.3, 0.4) is 0 Å². The Morgan fingerprint density at radius 3 is 1.24 bits per heavy atom. The average Bonchev–Trinajstić information content (AvgIpc) is 3.23. The molecular weight excluding hydrogens is 512 g/mol. The number of hydrogen-bond donors (Lipinski definition) is 2. The van der Waals surface area contributed by atoms with Gasteiger partial charge in [-0.3, -0.25) is 9.80 Å². The van der Waals surface area contributed by atoms with Crippen LogP contribution >= 0.6 is 0 Å². The highest BCUT2D eigenvalue weighted by Gasteiger charge is 2.49. The normalized spacial score (nSPS) is 31.3. The van der Waals surface area contributed by atoms with Gasteiger partial charge in [-0.1, -0.05) is 0 Å². The molecule has 0 radical (unpaired) electrons. The summed E-state index contributed by atoms with van der Waals surface area (Å²) in [6, 6.07) is 0. The summed E-state index contributed by atoms with van der Waals surface area (Å²) in [7, 11) is 2.26. The fourth-order valence-corrected chi connectivity index (χ4v) is 8.23. The highest BCUT2D eigenvalue weighted by molar-refractivity contribution is 5.05. The molecule has 0 aromatic carbocycles. The monoisotopic (exact) mass is 581 g/mol. The number of nitrogens with zero attached hydrogens (tertiary/aromatic N) is 2. The van der Waals surface area contributed by atoms with Gasteiger partial charge in [-0.05, 0) is 109 Å². The molecule has 242 valence electrons. The molecule has 3 aliphatic heterocycles. The topological polar surface area (TPSA) is 58.2 Å². The standard InChI is InChI=1S/C34H68N4O3/c1-29(2)20-26(32(7,8)35-29)23-39-17-14-38(15-18-40-24-27-21-30(3,4)36-33(27,9)10)16-19-41-25-28-22-31(5,6)37(13)34(28,11)12/h26-28,35-36H,14-25H2,1-13H3. The van der Waals surface area contributed by atoms with Crippen LogP contribution < -0.4 is 10.6 Å². The Morgan fingerprint density at radius 1 is 0.585 bits per heavy atom. The van der Waals surface area contributed by atoms with Crippen LogP contribution in [0.25, 0.3) is 0 Å². The zero-order valence-electron chi connectivity index (χ0n) is 29.3. The molecule has 0 saturated carbocycles. The molecule has 41 heavy (non-hydrogen) atoms. The van der Waals surface area contributed by atoms with Crippen LogP contribution in [0.15, 0.2) is 0 Å². The SMILES string of the molecule is CN1C(C)(C)CC(COCCN(CCOCC2CC(C)(C)NC2(C)C)CCOCC2CC(C)(C)NC2(C)C)C1(C)C. The van der Waals surface area contributed by atoms with Gasteiger partial charge in [-0.25, -0.2) is 0 Å². The lowest BCUT2D eigenvalue weighted by molar-refractivity contribution is 0.0179. The van der Waals surface area contributed by atoms with Crippen LogP contribution in [0.1, 0.15) is 102 Å². The zero-order chi connectivity index (χ0) is 30.9. The summed E-state index contributed by atoms with van der Waals surface area (Å²) in [4.78, 5) is 5.00. The predicted molar refractivity (Wildman–Crippen MR) is 172 cm³/mol. The van der Waals surface area contributed by atoms with Crippen molar-refractivity contribution in [2.75, 3.05) is 66.3 Å². The van der Waals surface area contributed by atoms with Crippen LogP contribution in [0.5, 0.6) is 0 Å². The molecule has 0 aliphatic carbocycles. The van der Waals surface area contributed by atoms with E-state index >= 15 is 0 Å². The van der Waals surface area contributed by atoms with Crippen LogP contribution in [-0.4, -0.2) is 109 Å². The molecule has 7 nitrogen and oxygen atoms in total. The molecule has 0 aromatic heterocycles. The van der Waals surface area contributed by atoms with Crippen molar-refractivity contribution < 1.29 is 14.2 Å². The maximum atomic E-state index is 6.33. The summed E-state index contributed by atoms with van der Waals surface area (Å²) in [5.74, 6) is 1.60. The Hall–Kier alpha value is -0.280. The first-order chi connectivity index (χ1) is 18.7. The van der Waals surface area contributed by atoms with Crippen molar-refractivity contribution >= 4 is 0 Å². The molecule has 3 atom stereocenters. The van der Waals surface area contributed by atoms with E-state index in [2.05, 4.69) is 111 Å². The van der Waals surface area contributed by atoms with Crippen molar-refractivity contribution in [3.8, 4) is 0 Å². The van der Waals surface area contributed by atoms with Gasteiger partial charge in [0.1, 0.15) is 0 Å². The molecule has 0 bridgehead atoms. The number of ether oxygens (including phenoxy) is 3. The molecule has 7 heteroatoms. The van der Waals surface area contributed by atoms with E-state index in [9.17, 15) is 0 Å². The quantitative estimate of drug-likeness (QED) is 0.259. The third kappa shape index (κ3) is 9.36. The van der Waals surface area contributed by atoms with Gasteiger partial charge in [0.05, 0.1) is 39.6 Å². The second-order valence-corrected chi connectivity index (χ2v) is 17.3. The molecule has 3 rings (SSSR count). The van der Waals surface area contributed by atoms with E-state index in [0.717, 1.165) is 72.1 Å². The first kappa shape index (κ1) is 35.2. The molecule has 0 amide bonds. The Labute approximate surface area is 254 Å². The van der Waals surface area contributed by atoms with Crippen molar-refractivity contribution in [1.29, 1.82) is 0 Å². The van der Waals surface area contributed by atoms with Crippen molar-refractivity contribution in [3.05, 3.63) is 0 Å². The van der Waals surface area contributed by atoms with Crippen LogP contribution in [0.4, 0.5) is 0 Å². The Kier molecular flexibility index (Phi) is 11.1. The Morgan fingerprint density at radius 2 is 0.951 bits per heavy atom. The van der Waals surface area contributed by atoms with Crippen LogP contribution in [0, 0.1) is 17.8 Å². The van der Waals surface area contributed by atoms with Gasteiger partial charge in [-0.15, -0.1) is 0 Å². The first-order valence-corrected chi connectivity index (χ1v) is 16.5. The largest absolute Gasteiger partial charge is 0.380 e. The summed E-state index contributed by atoms with van der Waals surface area (Å²) in [6.45, 7) is 35.3. The second-order valence-electron chi connectivity index (χ2n) is 17.3. The molecule has 0 spiro atoms. The average molecular weight is 581 g/mol. The fraction of sp³-hybridized carbons (Fsp3) is 1.00. The minimum absolute atomic E-state index is 0.110. The first-order valence-electron chi connectivity index (χ1n) is 16.5. The van der Waals surface area contributed by atoms with Crippen molar-refractivity contribution in [2.45, 2.75) is 136 Å². The van der Waals surface area contributed by atoms with Gasteiger partial charge in [0, 0.05) is 70.6 Å². The Bertz CT molecular complexity index is 794. The van der Waals surface area contributed by atoms with E-state index in [1.54, 1.807) is 0 Å². The Balaban J connectivity index is 1.45. The minimum Gasteiger partial charge on any atom is -0.380 e. The minimum atomic E-state index is 0.110. The lowest BCUT2D eigenvalue weighted by Gasteiger charge is -2.38. The zero-order valence-corrected chi connectivity index (χ0v) is 29.3. The maximum absolute atomic E-state index is 6.33. The lowest BCUT2D eigenvalue weighted by atomic mass is 9.88. The summed E-state index contributed by atoms with van der Waals surface area (Å²) in [5.41, 5.74) is 0.941. The molecular formula is C34H68N4O3. The second kappa shape index (κ2) is 13.0. The van der Waals surface area contributed by atoms with E-state index < -0.39 is 0 Å². The highest BCUT2D eigenvalue weighted by atomic mass is 16.5. The number of hydrogen-bond acceptors (Lipinski definition) is 7. The number of rotatable bonds is 15. The van der Waals surface area contributed by atoms with Crippen molar-refractivity contribution in [2.24, 2.45) is 17.8 Å². The van der Waals surface area contributed by atoms with E-state index in [-0.39, 0.29) is 33.2 Å². The predicted octanol–water partition coefficient (Wildman–Crippen LogP) is 5.18. The molecule has 3 heterocycles. The molecule has 0 aromatic rings. The van der Waals surface area contributed by atoms with Gasteiger partial charge in [0.2, 0.25) is 0 Å². The van der Waals surface area contributed by atoms with Crippen molar-refractivity contribution in [3.63, 3.8) is 0 Å². The molecule has 3 unspecified atom stereocenters. The van der Waals surface area contributed by atoms with Gasteiger partial charge in [-0.2, -0.15) is 0 Å². The smallest absolute Gasteiger partial charge is 0.0593 e. The van der Waals surface area contributed by atoms with Gasteiger partial charge < -0.3 is 24.8 Å².